The summed E-state index contributed by atoms with van der Waals surface area (Å²) in [5.41, 5.74) is 9.58. The summed E-state index contributed by atoms with van der Waals surface area (Å²) in [7, 11) is 0. The van der Waals surface area contributed by atoms with E-state index in [1.807, 2.05) is 0 Å². The van der Waals surface area contributed by atoms with Crippen LogP contribution in [0.2, 0.25) is 0 Å². The maximum absolute atomic E-state index is 9.54. The number of pyridine rings is 1. The van der Waals surface area contributed by atoms with E-state index in [9.17, 15) is 5.26 Å². The Hall–Kier alpha value is -2.76. The summed E-state index contributed by atoms with van der Waals surface area (Å²) >= 11 is 0. The predicted molar refractivity (Wildman–Crippen MR) is 95.2 cm³/mol. The molecule has 1 fully saturated rings. The summed E-state index contributed by atoms with van der Waals surface area (Å²) in [5, 5.41) is 12.7. The molecule has 0 amide bonds. The van der Waals surface area contributed by atoms with Gasteiger partial charge in [0.05, 0.1) is 25.0 Å². The molecule has 3 N–H and O–H groups in total. The normalized spacial score (nSPS) is 19.0. The summed E-state index contributed by atoms with van der Waals surface area (Å²) in [6.45, 7) is 2.52. The second kappa shape index (κ2) is 7.23. The van der Waals surface area contributed by atoms with Gasteiger partial charge in [-0.25, -0.2) is 15.0 Å². The molecule has 8 nitrogen and oxygen atoms in total. The van der Waals surface area contributed by atoms with Gasteiger partial charge in [-0.05, 0) is 12.8 Å². The zero-order chi connectivity index (χ0) is 17.9. The van der Waals surface area contributed by atoms with Crippen LogP contribution >= 0.6 is 0 Å². The van der Waals surface area contributed by atoms with Gasteiger partial charge in [-0.1, -0.05) is 0 Å². The molecule has 2 aliphatic heterocycles. The van der Waals surface area contributed by atoms with Crippen molar-refractivity contribution in [3.05, 3.63) is 29.2 Å². The number of anilines is 2. The van der Waals surface area contributed by atoms with Crippen LogP contribution in [0, 0.1) is 11.3 Å². The fourth-order valence-electron chi connectivity index (χ4n) is 3.39. The van der Waals surface area contributed by atoms with Crippen LogP contribution in [0.5, 0.6) is 0 Å². The summed E-state index contributed by atoms with van der Waals surface area (Å²) in [5.74, 6) is 0.777. The Kier molecular flexibility index (Phi) is 4.65. The minimum Gasteiger partial charge on any atom is -0.383 e. The predicted octanol–water partition coefficient (Wildman–Crippen LogP) is 1.66. The van der Waals surface area contributed by atoms with Crippen molar-refractivity contribution in [2.45, 2.75) is 32.0 Å². The Morgan fingerprint density at radius 1 is 1.31 bits per heavy atom. The van der Waals surface area contributed by atoms with Gasteiger partial charge >= 0.3 is 0 Å². The zero-order valence-electron chi connectivity index (χ0n) is 14.4. The Labute approximate surface area is 151 Å². The number of nitriles is 1. The Balaban J connectivity index is 1.62. The molecule has 0 aromatic carbocycles. The van der Waals surface area contributed by atoms with Crippen molar-refractivity contribution in [2.75, 3.05) is 30.8 Å². The van der Waals surface area contributed by atoms with Gasteiger partial charge in [0.15, 0.2) is 0 Å². The molecule has 4 heterocycles. The van der Waals surface area contributed by atoms with Gasteiger partial charge in [0.25, 0.3) is 0 Å². The van der Waals surface area contributed by atoms with Crippen molar-refractivity contribution in [3.63, 3.8) is 0 Å². The van der Waals surface area contributed by atoms with Crippen molar-refractivity contribution in [2.24, 2.45) is 0 Å². The number of fused-ring (bicyclic) bond motifs is 1. The van der Waals surface area contributed by atoms with Crippen LogP contribution in [0.25, 0.3) is 11.1 Å². The highest BCUT2D eigenvalue weighted by atomic mass is 16.5. The van der Waals surface area contributed by atoms with Crippen LogP contribution in [-0.4, -0.2) is 40.8 Å². The van der Waals surface area contributed by atoms with Gasteiger partial charge < -0.3 is 20.5 Å². The third-order valence-electron chi connectivity index (χ3n) is 4.71. The fourth-order valence-corrected chi connectivity index (χ4v) is 3.39. The molecule has 2 aromatic rings. The molecule has 1 unspecified atom stereocenters. The third-order valence-corrected chi connectivity index (χ3v) is 4.71. The van der Waals surface area contributed by atoms with Gasteiger partial charge in [-0.3, -0.25) is 0 Å². The van der Waals surface area contributed by atoms with E-state index in [0.29, 0.717) is 37.7 Å². The third kappa shape index (κ3) is 3.19. The number of rotatable bonds is 4. The first-order valence-electron chi connectivity index (χ1n) is 8.73. The number of hydrogen-bond donors (Lipinski definition) is 2. The smallest absolute Gasteiger partial charge is 0.222 e. The number of nitrogens with one attached hydrogen (secondary N) is 1. The molecule has 0 saturated carbocycles. The lowest BCUT2D eigenvalue weighted by molar-refractivity contribution is 0.109. The lowest BCUT2D eigenvalue weighted by Gasteiger charge is -2.21. The van der Waals surface area contributed by atoms with Crippen molar-refractivity contribution in [3.8, 4) is 17.2 Å². The molecular weight excluding hydrogens is 332 g/mol. The van der Waals surface area contributed by atoms with Crippen molar-refractivity contribution in [1.29, 1.82) is 5.26 Å². The SMILES string of the molecule is N#Cc1c(N)nc2c(c1-c1cnc(NCC3CCCO3)nc1)COCC2. The number of nitrogen functional groups attached to an aromatic ring is 1. The van der Waals surface area contributed by atoms with Crippen molar-refractivity contribution in [1.82, 2.24) is 15.0 Å². The monoisotopic (exact) mass is 352 g/mol. The molecule has 0 bridgehead atoms. The Morgan fingerprint density at radius 3 is 2.88 bits per heavy atom. The molecule has 0 spiro atoms. The van der Waals surface area contributed by atoms with Crippen LogP contribution in [-0.2, 0) is 22.5 Å². The van der Waals surface area contributed by atoms with E-state index in [-0.39, 0.29) is 11.9 Å². The van der Waals surface area contributed by atoms with Crippen LogP contribution in [0.4, 0.5) is 11.8 Å². The van der Waals surface area contributed by atoms with Gasteiger partial charge in [0.2, 0.25) is 5.95 Å². The minimum absolute atomic E-state index is 0.215. The molecule has 1 atom stereocenters. The number of aromatic nitrogens is 3. The summed E-state index contributed by atoms with van der Waals surface area (Å²) in [4.78, 5) is 13.1. The lowest BCUT2D eigenvalue weighted by atomic mass is 9.94. The van der Waals surface area contributed by atoms with E-state index in [2.05, 4.69) is 26.3 Å². The maximum Gasteiger partial charge on any atom is 0.222 e. The molecule has 0 radical (unpaired) electrons. The number of hydrogen-bond acceptors (Lipinski definition) is 8. The van der Waals surface area contributed by atoms with Crippen LogP contribution in [0.3, 0.4) is 0 Å². The van der Waals surface area contributed by atoms with Crippen LogP contribution < -0.4 is 11.1 Å². The maximum atomic E-state index is 9.54. The second-order valence-electron chi connectivity index (χ2n) is 6.40. The molecule has 26 heavy (non-hydrogen) atoms. The number of nitrogens with zero attached hydrogens (tertiary/aromatic N) is 4. The molecule has 0 aliphatic carbocycles. The highest BCUT2D eigenvalue weighted by molar-refractivity contribution is 5.78. The Bertz CT molecular complexity index is 840. The molecule has 1 saturated heterocycles. The molecule has 2 aromatic heterocycles. The highest BCUT2D eigenvalue weighted by Crippen LogP contribution is 2.34. The zero-order valence-corrected chi connectivity index (χ0v) is 14.4. The Morgan fingerprint density at radius 2 is 2.15 bits per heavy atom. The minimum atomic E-state index is 0.215. The van der Waals surface area contributed by atoms with E-state index in [4.69, 9.17) is 15.2 Å². The second-order valence-corrected chi connectivity index (χ2v) is 6.40. The molecule has 4 rings (SSSR count). The first-order chi connectivity index (χ1) is 12.8. The number of ether oxygens (including phenoxy) is 2. The average molecular weight is 352 g/mol. The van der Waals surface area contributed by atoms with Crippen molar-refractivity contribution < 1.29 is 9.47 Å². The lowest BCUT2D eigenvalue weighted by Crippen LogP contribution is -2.19. The van der Waals surface area contributed by atoms with E-state index in [1.165, 1.54) is 0 Å². The van der Waals surface area contributed by atoms with Gasteiger partial charge in [-0.15, -0.1) is 0 Å². The summed E-state index contributed by atoms with van der Waals surface area (Å²) in [6.07, 6.45) is 6.46. The summed E-state index contributed by atoms with van der Waals surface area (Å²) in [6, 6.07) is 2.16. The molecule has 2 aliphatic rings. The molecule has 8 heteroatoms. The van der Waals surface area contributed by atoms with Crippen LogP contribution in [0.15, 0.2) is 12.4 Å². The molecular formula is C18H20N6O2. The van der Waals surface area contributed by atoms with Crippen molar-refractivity contribution >= 4 is 11.8 Å². The van der Waals surface area contributed by atoms with E-state index in [0.717, 1.165) is 41.8 Å². The quantitative estimate of drug-likeness (QED) is 0.852. The average Bonchev–Trinajstić information content (AvgIpc) is 3.19. The van der Waals surface area contributed by atoms with E-state index < -0.39 is 0 Å². The highest BCUT2D eigenvalue weighted by Gasteiger charge is 2.23. The van der Waals surface area contributed by atoms with E-state index >= 15 is 0 Å². The first kappa shape index (κ1) is 16.7. The molecule has 134 valence electrons. The van der Waals surface area contributed by atoms with Gasteiger partial charge in [-0.2, -0.15) is 5.26 Å². The standard InChI is InChI=1S/C18H20N6O2/c19-6-13-16(14-10-25-5-3-15(14)24-17(13)20)11-7-21-18(22-8-11)23-9-12-2-1-4-26-12/h7-8,12H,1-5,9-10H2,(H2,20,24)(H,21,22,23). The fraction of sp³-hybridized carbons (Fsp3) is 0.444. The van der Waals surface area contributed by atoms with E-state index in [1.54, 1.807) is 12.4 Å². The van der Waals surface area contributed by atoms with Gasteiger partial charge in [0.1, 0.15) is 17.5 Å². The number of nitrogens with two attached hydrogens (primary N) is 1. The first-order valence-corrected chi connectivity index (χ1v) is 8.73. The topological polar surface area (TPSA) is 119 Å². The summed E-state index contributed by atoms with van der Waals surface area (Å²) < 4.78 is 11.1. The van der Waals surface area contributed by atoms with Crippen LogP contribution in [0.1, 0.15) is 29.7 Å². The van der Waals surface area contributed by atoms with Gasteiger partial charge in [0, 0.05) is 48.7 Å². The largest absolute Gasteiger partial charge is 0.383 e.